The van der Waals surface area contributed by atoms with Gasteiger partial charge in [-0.1, -0.05) is 0 Å². The number of ether oxygens (including phenoxy) is 1. The third-order valence-corrected chi connectivity index (χ3v) is 3.53. The Morgan fingerprint density at radius 1 is 1.43 bits per heavy atom. The lowest BCUT2D eigenvalue weighted by atomic mass is 10.0. The van der Waals surface area contributed by atoms with Crippen molar-refractivity contribution in [3.63, 3.8) is 0 Å². The largest absolute Gasteiger partial charge is 0.480 e. The Hall–Kier alpha value is -1.83. The highest BCUT2D eigenvalue weighted by atomic mass is 16.5. The van der Waals surface area contributed by atoms with Crippen LogP contribution in [0.5, 0.6) is 0 Å². The van der Waals surface area contributed by atoms with Gasteiger partial charge in [0.2, 0.25) is 5.91 Å². The fraction of sp³-hybridized carbons (Fsp3) is 0.769. The van der Waals surface area contributed by atoms with Crippen LogP contribution in [0.25, 0.3) is 0 Å². The van der Waals surface area contributed by atoms with E-state index in [0.717, 1.165) is 12.8 Å². The zero-order valence-corrected chi connectivity index (χ0v) is 12.2. The highest BCUT2D eigenvalue weighted by Crippen LogP contribution is 2.17. The SMILES string of the molecule is COCCCC(NC(=O)N1CCCCC1C(N)=O)C(=O)O. The van der Waals surface area contributed by atoms with Crippen molar-refractivity contribution in [2.75, 3.05) is 20.3 Å². The lowest BCUT2D eigenvalue weighted by molar-refractivity contribution is -0.139. The van der Waals surface area contributed by atoms with E-state index in [1.54, 1.807) is 0 Å². The number of carboxylic acids is 1. The molecule has 4 N–H and O–H groups in total. The average Bonchev–Trinajstić information content (AvgIpc) is 2.46. The molecule has 1 heterocycles. The third-order valence-electron chi connectivity index (χ3n) is 3.53. The van der Waals surface area contributed by atoms with Crippen LogP contribution >= 0.6 is 0 Å². The van der Waals surface area contributed by atoms with Gasteiger partial charge in [-0.2, -0.15) is 0 Å². The number of aliphatic carboxylic acids is 1. The van der Waals surface area contributed by atoms with E-state index in [4.69, 9.17) is 15.6 Å². The number of hydrogen-bond acceptors (Lipinski definition) is 4. The molecule has 2 atom stereocenters. The van der Waals surface area contributed by atoms with Crippen LogP contribution in [0, 0.1) is 0 Å². The normalized spacial score (nSPS) is 19.9. The Morgan fingerprint density at radius 2 is 2.14 bits per heavy atom. The molecule has 0 aliphatic carbocycles. The molecule has 8 nitrogen and oxygen atoms in total. The van der Waals surface area contributed by atoms with Gasteiger partial charge in [-0.15, -0.1) is 0 Å². The molecule has 0 aromatic carbocycles. The minimum absolute atomic E-state index is 0.268. The molecule has 1 rings (SSSR count). The van der Waals surface area contributed by atoms with E-state index in [-0.39, 0.29) is 6.42 Å². The summed E-state index contributed by atoms with van der Waals surface area (Å²) in [7, 11) is 1.53. The molecule has 0 spiro atoms. The zero-order valence-electron chi connectivity index (χ0n) is 12.2. The van der Waals surface area contributed by atoms with Gasteiger partial charge in [-0.3, -0.25) is 4.79 Å². The molecule has 8 heteroatoms. The van der Waals surface area contributed by atoms with Crippen LogP contribution < -0.4 is 11.1 Å². The van der Waals surface area contributed by atoms with Crippen LogP contribution in [-0.2, 0) is 14.3 Å². The van der Waals surface area contributed by atoms with Crippen LogP contribution in [-0.4, -0.2) is 60.3 Å². The van der Waals surface area contributed by atoms with Crippen molar-refractivity contribution in [3.05, 3.63) is 0 Å². The number of primary amides is 1. The minimum atomic E-state index is -1.10. The van der Waals surface area contributed by atoms with E-state index in [2.05, 4.69) is 5.32 Å². The molecule has 2 unspecified atom stereocenters. The average molecular weight is 301 g/mol. The van der Waals surface area contributed by atoms with Gasteiger partial charge in [-0.05, 0) is 32.1 Å². The van der Waals surface area contributed by atoms with Gasteiger partial charge in [0, 0.05) is 20.3 Å². The summed E-state index contributed by atoms with van der Waals surface area (Å²) in [5, 5.41) is 11.6. The summed E-state index contributed by atoms with van der Waals surface area (Å²) in [4.78, 5) is 36.0. The van der Waals surface area contributed by atoms with Crippen LogP contribution in [0.1, 0.15) is 32.1 Å². The van der Waals surface area contributed by atoms with Crippen molar-refractivity contribution < 1.29 is 24.2 Å². The van der Waals surface area contributed by atoms with Gasteiger partial charge in [0.05, 0.1) is 0 Å². The fourth-order valence-corrected chi connectivity index (χ4v) is 2.39. The van der Waals surface area contributed by atoms with Crippen molar-refractivity contribution in [1.82, 2.24) is 10.2 Å². The van der Waals surface area contributed by atoms with Crippen molar-refractivity contribution in [2.45, 2.75) is 44.2 Å². The molecule has 120 valence electrons. The predicted molar refractivity (Wildman–Crippen MR) is 74.6 cm³/mol. The number of carbonyl (C=O) groups excluding carboxylic acids is 2. The summed E-state index contributed by atoms with van der Waals surface area (Å²) in [5.74, 6) is -1.66. The van der Waals surface area contributed by atoms with Crippen LogP contribution in [0.15, 0.2) is 0 Å². The fourth-order valence-electron chi connectivity index (χ4n) is 2.39. The zero-order chi connectivity index (χ0) is 15.8. The number of urea groups is 1. The Kier molecular flexibility index (Phi) is 6.93. The number of carbonyl (C=O) groups is 3. The molecule has 1 saturated heterocycles. The Morgan fingerprint density at radius 3 is 2.71 bits per heavy atom. The van der Waals surface area contributed by atoms with E-state index in [9.17, 15) is 14.4 Å². The Balaban J connectivity index is 2.62. The molecule has 21 heavy (non-hydrogen) atoms. The second-order valence-corrected chi connectivity index (χ2v) is 5.08. The highest BCUT2D eigenvalue weighted by molar-refractivity contribution is 5.88. The third kappa shape index (κ3) is 5.22. The lowest BCUT2D eigenvalue weighted by Gasteiger charge is -2.34. The number of carboxylic acid groups (broad SMARTS) is 1. The summed E-state index contributed by atoms with van der Waals surface area (Å²) in [6, 6.07) is -2.21. The van der Waals surface area contributed by atoms with Crippen LogP contribution in [0.2, 0.25) is 0 Å². The number of likely N-dealkylation sites (tertiary alicyclic amines) is 1. The second-order valence-electron chi connectivity index (χ2n) is 5.08. The highest BCUT2D eigenvalue weighted by Gasteiger charge is 2.32. The van der Waals surface area contributed by atoms with Crippen molar-refractivity contribution in [2.24, 2.45) is 5.73 Å². The first-order valence-electron chi connectivity index (χ1n) is 7.05. The topological polar surface area (TPSA) is 122 Å². The summed E-state index contributed by atoms with van der Waals surface area (Å²) >= 11 is 0. The molecule has 0 saturated carbocycles. The number of amides is 3. The lowest BCUT2D eigenvalue weighted by Crippen LogP contribution is -2.56. The van der Waals surface area contributed by atoms with Gasteiger partial charge in [-0.25, -0.2) is 9.59 Å². The minimum Gasteiger partial charge on any atom is -0.480 e. The van der Waals surface area contributed by atoms with Gasteiger partial charge < -0.3 is 25.8 Å². The predicted octanol–water partition coefficient (Wildman–Crippen LogP) is -0.0844. The number of methoxy groups -OCH3 is 1. The van der Waals surface area contributed by atoms with Crippen LogP contribution in [0.3, 0.4) is 0 Å². The van der Waals surface area contributed by atoms with Gasteiger partial charge >= 0.3 is 12.0 Å². The smallest absolute Gasteiger partial charge is 0.326 e. The molecule has 1 aliphatic heterocycles. The molecule has 3 amide bonds. The maximum Gasteiger partial charge on any atom is 0.326 e. The maximum atomic E-state index is 12.2. The van der Waals surface area contributed by atoms with E-state index in [0.29, 0.717) is 26.0 Å². The molecule has 0 bridgehead atoms. The first kappa shape index (κ1) is 17.2. The summed E-state index contributed by atoms with van der Waals surface area (Å²) in [6.45, 7) is 0.830. The van der Waals surface area contributed by atoms with Crippen molar-refractivity contribution in [1.29, 1.82) is 0 Å². The van der Waals surface area contributed by atoms with Gasteiger partial charge in [0.15, 0.2) is 0 Å². The van der Waals surface area contributed by atoms with Gasteiger partial charge in [0.25, 0.3) is 0 Å². The number of nitrogens with zero attached hydrogens (tertiary/aromatic N) is 1. The molecule has 1 aliphatic rings. The van der Waals surface area contributed by atoms with E-state index < -0.39 is 30.0 Å². The molecular formula is C13H23N3O5. The maximum absolute atomic E-state index is 12.2. The first-order valence-corrected chi connectivity index (χ1v) is 7.05. The molecule has 1 fully saturated rings. The standard InChI is InChI=1S/C13H23N3O5/c1-21-8-4-5-9(12(18)19)15-13(20)16-7-3-2-6-10(16)11(14)17/h9-10H,2-8H2,1H3,(H2,14,17)(H,15,20)(H,18,19). The van der Waals surface area contributed by atoms with Crippen molar-refractivity contribution >= 4 is 17.9 Å². The number of hydrogen-bond donors (Lipinski definition) is 3. The molecule has 0 radical (unpaired) electrons. The number of nitrogens with two attached hydrogens (primary N) is 1. The number of nitrogens with one attached hydrogen (secondary N) is 1. The van der Waals surface area contributed by atoms with Crippen molar-refractivity contribution in [3.8, 4) is 0 Å². The Labute approximate surface area is 123 Å². The summed E-state index contributed by atoms with van der Waals surface area (Å²) < 4.78 is 4.86. The monoisotopic (exact) mass is 301 g/mol. The van der Waals surface area contributed by atoms with Gasteiger partial charge in [0.1, 0.15) is 12.1 Å². The molecular weight excluding hydrogens is 278 g/mol. The summed E-state index contributed by atoms with van der Waals surface area (Å²) in [6.07, 6.45) is 2.91. The Bertz CT molecular complexity index is 388. The first-order chi connectivity index (χ1) is 9.97. The van der Waals surface area contributed by atoms with Crippen LogP contribution in [0.4, 0.5) is 4.79 Å². The van der Waals surface area contributed by atoms with E-state index >= 15 is 0 Å². The van der Waals surface area contributed by atoms with E-state index in [1.165, 1.54) is 12.0 Å². The summed E-state index contributed by atoms with van der Waals surface area (Å²) in [5.41, 5.74) is 5.29. The molecule has 0 aromatic heterocycles. The number of rotatable bonds is 7. The van der Waals surface area contributed by atoms with E-state index in [1.807, 2.05) is 0 Å². The molecule has 0 aromatic rings. The number of piperidine rings is 1. The quantitative estimate of drug-likeness (QED) is 0.567. The second kappa shape index (κ2) is 8.46.